The van der Waals surface area contributed by atoms with Crippen molar-refractivity contribution in [1.82, 2.24) is 10.6 Å². The van der Waals surface area contributed by atoms with Crippen molar-refractivity contribution in [3.8, 4) is 5.75 Å². The Labute approximate surface area is 177 Å². The second-order valence-electron chi connectivity index (χ2n) is 8.34. The normalized spacial score (nSPS) is 20.0. The fourth-order valence-electron chi connectivity index (χ4n) is 3.47. The monoisotopic (exact) mass is 454 g/mol. The lowest BCUT2D eigenvalue weighted by molar-refractivity contribution is 0.0976. The standard InChI is InChI=1S/C21H31BrN2O2S/c1-5-12-26-18-11-6-14(13-17(18)22)19(25)24-20(27)23-16-9-7-15(8-10-16)21(2,3)4/h6,11,13,15-16H,5,7-10,12H2,1-4H3,(H2,23,24,25,27). The molecular formula is C21H31BrN2O2S. The first-order valence-electron chi connectivity index (χ1n) is 9.75. The molecule has 1 aromatic rings. The van der Waals surface area contributed by atoms with Crippen LogP contribution >= 0.6 is 28.1 Å². The van der Waals surface area contributed by atoms with Crippen molar-refractivity contribution in [3.05, 3.63) is 28.2 Å². The molecule has 27 heavy (non-hydrogen) atoms. The molecule has 1 fully saturated rings. The summed E-state index contributed by atoms with van der Waals surface area (Å²) < 4.78 is 6.38. The third-order valence-electron chi connectivity index (χ3n) is 5.17. The zero-order valence-electron chi connectivity index (χ0n) is 16.7. The van der Waals surface area contributed by atoms with Gasteiger partial charge in [-0.05, 0) is 89.8 Å². The van der Waals surface area contributed by atoms with Crippen LogP contribution in [0, 0.1) is 11.3 Å². The second kappa shape index (κ2) is 9.87. The highest BCUT2D eigenvalue weighted by Crippen LogP contribution is 2.37. The van der Waals surface area contributed by atoms with Crippen molar-refractivity contribution in [1.29, 1.82) is 0 Å². The molecule has 1 saturated carbocycles. The molecule has 2 N–H and O–H groups in total. The minimum absolute atomic E-state index is 0.210. The number of rotatable bonds is 5. The highest BCUT2D eigenvalue weighted by atomic mass is 79.9. The van der Waals surface area contributed by atoms with Gasteiger partial charge in [0, 0.05) is 11.6 Å². The SMILES string of the molecule is CCCOc1ccc(C(=O)NC(=S)NC2CCC(C(C)(C)C)CC2)cc1Br. The van der Waals surface area contributed by atoms with Crippen molar-refractivity contribution < 1.29 is 9.53 Å². The molecule has 1 aliphatic carbocycles. The Balaban J connectivity index is 1.84. The number of amides is 1. The summed E-state index contributed by atoms with van der Waals surface area (Å²) in [6.45, 7) is 9.64. The first kappa shape index (κ1) is 22.2. The molecule has 0 unspecified atom stereocenters. The van der Waals surface area contributed by atoms with Crippen LogP contribution in [-0.4, -0.2) is 23.7 Å². The molecule has 6 heteroatoms. The summed E-state index contributed by atoms with van der Waals surface area (Å²) in [7, 11) is 0. The molecule has 1 amide bonds. The van der Waals surface area contributed by atoms with Gasteiger partial charge in [0.2, 0.25) is 0 Å². The van der Waals surface area contributed by atoms with E-state index in [0.29, 0.717) is 28.7 Å². The van der Waals surface area contributed by atoms with Crippen LogP contribution in [0.3, 0.4) is 0 Å². The summed E-state index contributed by atoms with van der Waals surface area (Å²) in [5.74, 6) is 1.29. The average Bonchev–Trinajstić information content (AvgIpc) is 2.60. The van der Waals surface area contributed by atoms with E-state index < -0.39 is 0 Å². The van der Waals surface area contributed by atoms with Crippen molar-refractivity contribution in [2.24, 2.45) is 11.3 Å². The van der Waals surface area contributed by atoms with E-state index in [1.54, 1.807) is 18.2 Å². The third kappa shape index (κ3) is 6.75. The van der Waals surface area contributed by atoms with Crippen LogP contribution in [0.5, 0.6) is 5.75 Å². The number of nitrogens with one attached hydrogen (secondary N) is 2. The number of halogens is 1. The van der Waals surface area contributed by atoms with Gasteiger partial charge in [-0.25, -0.2) is 0 Å². The van der Waals surface area contributed by atoms with E-state index >= 15 is 0 Å². The third-order valence-corrected chi connectivity index (χ3v) is 6.01. The number of hydrogen-bond acceptors (Lipinski definition) is 3. The van der Waals surface area contributed by atoms with Gasteiger partial charge in [-0.2, -0.15) is 0 Å². The van der Waals surface area contributed by atoms with Crippen molar-refractivity contribution in [3.63, 3.8) is 0 Å². The van der Waals surface area contributed by atoms with E-state index in [0.717, 1.165) is 35.4 Å². The number of ether oxygens (including phenoxy) is 1. The van der Waals surface area contributed by atoms with Gasteiger partial charge < -0.3 is 10.1 Å². The van der Waals surface area contributed by atoms with Crippen LogP contribution in [-0.2, 0) is 0 Å². The zero-order valence-corrected chi connectivity index (χ0v) is 19.1. The number of thiocarbonyl (C=S) groups is 1. The molecule has 0 radical (unpaired) electrons. The maximum Gasteiger partial charge on any atom is 0.257 e. The number of carbonyl (C=O) groups is 1. The molecule has 4 nitrogen and oxygen atoms in total. The Morgan fingerprint density at radius 2 is 1.93 bits per heavy atom. The lowest BCUT2D eigenvalue weighted by Crippen LogP contribution is -2.46. The van der Waals surface area contributed by atoms with E-state index in [2.05, 4.69) is 54.3 Å². The van der Waals surface area contributed by atoms with Crippen LogP contribution in [0.25, 0.3) is 0 Å². The lowest BCUT2D eigenvalue weighted by Gasteiger charge is -2.37. The van der Waals surface area contributed by atoms with Gasteiger partial charge in [-0.15, -0.1) is 0 Å². The minimum atomic E-state index is -0.210. The highest BCUT2D eigenvalue weighted by Gasteiger charge is 2.29. The van der Waals surface area contributed by atoms with Crippen LogP contribution in [0.2, 0.25) is 0 Å². The molecular weight excluding hydrogens is 424 g/mol. The Morgan fingerprint density at radius 1 is 1.26 bits per heavy atom. The van der Waals surface area contributed by atoms with E-state index in [1.165, 1.54) is 12.8 Å². The predicted octanol–water partition coefficient (Wildman–Crippen LogP) is 5.45. The molecule has 0 atom stereocenters. The van der Waals surface area contributed by atoms with Gasteiger partial charge in [-0.1, -0.05) is 27.7 Å². The van der Waals surface area contributed by atoms with Gasteiger partial charge in [0.05, 0.1) is 11.1 Å². The van der Waals surface area contributed by atoms with Crippen LogP contribution in [0.15, 0.2) is 22.7 Å². The van der Waals surface area contributed by atoms with E-state index in [4.69, 9.17) is 17.0 Å². The minimum Gasteiger partial charge on any atom is -0.492 e. The van der Waals surface area contributed by atoms with E-state index in [1.807, 2.05) is 0 Å². The Bertz CT molecular complexity index is 665. The van der Waals surface area contributed by atoms with Crippen LogP contribution < -0.4 is 15.4 Å². The fraction of sp³-hybridized carbons (Fsp3) is 0.619. The number of carbonyl (C=O) groups excluding carboxylic acids is 1. The smallest absolute Gasteiger partial charge is 0.257 e. The van der Waals surface area contributed by atoms with Gasteiger partial charge in [-0.3, -0.25) is 10.1 Å². The molecule has 0 heterocycles. The largest absolute Gasteiger partial charge is 0.492 e. The van der Waals surface area contributed by atoms with Crippen LogP contribution in [0.1, 0.15) is 70.2 Å². The molecule has 150 valence electrons. The summed E-state index contributed by atoms with van der Waals surface area (Å²) >= 11 is 8.81. The van der Waals surface area contributed by atoms with Gasteiger partial charge in [0.1, 0.15) is 5.75 Å². The second-order valence-corrected chi connectivity index (χ2v) is 9.60. The first-order valence-corrected chi connectivity index (χ1v) is 10.9. The maximum absolute atomic E-state index is 12.5. The molecule has 1 aromatic carbocycles. The molecule has 0 spiro atoms. The molecule has 0 bridgehead atoms. The summed E-state index contributed by atoms with van der Waals surface area (Å²) in [6.07, 6.45) is 5.51. The summed E-state index contributed by atoms with van der Waals surface area (Å²) in [5, 5.41) is 6.51. The topological polar surface area (TPSA) is 50.4 Å². The van der Waals surface area contributed by atoms with Gasteiger partial charge >= 0.3 is 0 Å². The molecule has 0 saturated heterocycles. The van der Waals surface area contributed by atoms with E-state index in [-0.39, 0.29) is 5.91 Å². The quantitative estimate of drug-likeness (QED) is 0.580. The predicted molar refractivity (Wildman–Crippen MR) is 118 cm³/mol. The Morgan fingerprint density at radius 3 is 2.48 bits per heavy atom. The van der Waals surface area contributed by atoms with Crippen LogP contribution in [0.4, 0.5) is 0 Å². The summed E-state index contributed by atoms with van der Waals surface area (Å²) in [4.78, 5) is 12.5. The van der Waals surface area contributed by atoms with E-state index in [9.17, 15) is 4.79 Å². The van der Waals surface area contributed by atoms with Gasteiger partial charge in [0.25, 0.3) is 5.91 Å². The first-order chi connectivity index (χ1) is 12.7. The number of benzene rings is 1. The van der Waals surface area contributed by atoms with Crippen molar-refractivity contribution in [2.75, 3.05) is 6.61 Å². The zero-order chi connectivity index (χ0) is 20.0. The number of hydrogen-bond donors (Lipinski definition) is 2. The molecule has 1 aliphatic rings. The lowest BCUT2D eigenvalue weighted by atomic mass is 9.71. The fourth-order valence-corrected chi connectivity index (χ4v) is 4.22. The Hall–Kier alpha value is -1.14. The molecule has 0 aromatic heterocycles. The summed E-state index contributed by atoms with van der Waals surface area (Å²) in [5.41, 5.74) is 0.909. The Kier molecular flexibility index (Phi) is 8.10. The average molecular weight is 455 g/mol. The molecule has 2 rings (SSSR count). The van der Waals surface area contributed by atoms with Crippen molar-refractivity contribution >= 4 is 39.2 Å². The maximum atomic E-state index is 12.5. The van der Waals surface area contributed by atoms with Gasteiger partial charge in [0.15, 0.2) is 5.11 Å². The highest BCUT2D eigenvalue weighted by molar-refractivity contribution is 9.10. The summed E-state index contributed by atoms with van der Waals surface area (Å²) in [6, 6.07) is 5.66. The molecule has 0 aliphatic heterocycles. The van der Waals surface area contributed by atoms with Crippen molar-refractivity contribution in [2.45, 2.75) is 65.8 Å².